The van der Waals surface area contributed by atoms with E-state index in [4.69, 9.17) is 0 Å². The average molecular weight is 320 g/mol. The van der Waals surface area contributed by atoms with Crippen LogP contribution >= 0.6 is 15.9 Å². The van der Waals surface area contributed by atoms with Crippen molar-refractivity contribution in [2.45, 2.75) is 43.7 Å². The zero-order valence-corrected chi connectivity index (χ0v) is 12.5. The number of hydrogen-bond acceptors (Lipinski definition) is 3. The summed E-state index contributed by atoms with van der Waals surface area (Å²) in [5.74, 6) is 0. The minimum Gasteiger partial charge on any atom is -0.381 e. The quantitative estimate of drug-likeness (QED) is 0.878. The Morgan fingerprint density at radius 1 is 1.42 bits per heavy atom. The summed E-state index contributed by atoms with van der Waals surface area (Å²) in [6.45, 7) is 1.08. The maximum atomic E-state index is 9.21. The summed E-state index contributed by atoms with van der Waals surface area (Å²) in [5, 5.41) is 16.4. The molecule has 1 aliphatic carbocycles. The molecule has 2 N–H and O–H groups in total. The van der Waals surface area contributed by atoms with E-state index >= 15 is 0 Å². The predicted molar refractivity (Wildman–Crippen MR) is 80.1 cm³/mol. The van der Waals surface area contributed by atoms with E-state index in [9.17, 15) is 5.26 Å². The number of nitrogens with zero attached hydrogens (tertiary/aromatic N) is 1. The second-order valence-electron chi connectivity index (χ2n) is 5.70. The lowest BCUT2D eigenvalue weighted by Crippen LogP contribution is -2.58. The van der Waals surface area contributed by atoms with E-state index in [0.29, 0.717) is 11.6 Å². The molecule has 3 nitrogen and oxygen atoms in total. The highest BCUT2D eigenvalue weighted by molar-refractivity contribution is 9.10. The van der Waals surface area contributed by atoms with Crippen LogP contribution in [0.2, 0.25) is 0 Å². The molecule has 0 amide bonds. The molecule has 1 saturated heterocycles. The SMILES string of the molecule is N#Cc1cc(Br)ccc1NC1CCNC2(CCC2)C1. The Bertz CT molecular complexity index is 517. The van der Waals surface area contributed by atoms with Crippen LogP contribution in [0.5, 0.6) is 0 Å². The fourth-order valence-electron chi connectivity index (χ4n) is 3.22. The minimum atomic E-state index is 0.387. The van der Waals surface area contributed by atoms with Gasteiger partial charge in [-0.1, -0.05) is 15.9 Å². The molecule has 2 fully saturated rings. The van der Waals surface area contributed by atoms with Crippen molar-refractivity contribution in [2.75, 3.05) is 11.9 Å². The van der Waals surface area contributed by atoms with E-state index in [2.05, 4.69) is 32.6 Å². The summed E-state index contributed by atoms with van der Waals surface area (Å²) in [6.07, 6.45) is 6.26. The van der Waals surface area contributed by atoms with Crippen LogP contribution in [-0.2, 0) is 0 Å². The van der Waals surface area contributed by atoms with E-state index in [1.165, 1.54) is 25.7 Å². The number of halogens is 1. The van der Waals surface area contributed by atoms with Gasteiger partial charge in [-0.05, 0) is 56.8 Å². The van der Waals surface area contributed by atoms with Crippen molar-refractivity contribution in [3.63, 3.8) is 0 Å². The Hall–Kier alpha value is -1.05. The Labute approximate surface area is 122 Å². The van der Waals surface area contributed by atoms with E-state index in [-0.39, 0.29) is 0 Å². The molecule has 3 rings (SSSR count). The van der Waals surface area contributed by atoms with Gasteiger partial charge in [0, 0.05) is 16.1 Å². The van der Waals surface area contributed by atoms with E-state index in [0.717, 1.165) is 28.7 Å². The van der Waals surface area contributed by atoms with Crippen LogP contribution in [0.15, 0.2) is 22.7 Å². The zero-order valence-electron chi connectivity index (χ0n) is 10.9. The van der Waals surface area contributed by atoms with Crippen LogP contribution in [-0.4, -0.2) is 18.1 Å². The van der Waals surface area contributed by atoms with Gasteiger partial charge in [0.1, 0.15) is 6.07 Å². The third-order valence-electron chi connectivity index (χ3n) is 4.40. The highest BCUT2D eigenvalue weighted by Gasteiger charge is 2.40. The fourth-order valence-corrected chi connectivity index (χ4v) is 3.58. The van der Waals surface area contributed by atoms with Gasteiger partial charge in [0.2, 0.25) is 0 Å². The van der Waals surface area contributed by atoms with Crippen molar-refractivity contribution in [1.29, 1.82) is 5.26 Å². The number of piperidine rings is 1. The van der Waals surface area contributed by atoms with Gasteiger partial charge in [-0.3, -0.25) is 0 Å². The van der Waals surface area contributed by atoms with E-state index in [1.54, 1.807) is 0 Å². The summed E-state index contributed by atoms with van der Waals surface area (Å²) in [4.78, 5) is 0. The molecule has 19 heavy (non-hydrogen) atoms. The van der Waals surface area contributed by atoms with Crippen molar-refractivity contribution in [3.8, 4) is 6.07 Å². The van der Waals surface area contributed by atoms with Gasteiger partial charge >= 0.3 is 0 Å². The van der Waals surface area contributed by atoms with Gasteiger partial charge in [0.15, 0.2) is 0 Å². The first-order chi connectivity index (χ1) is 9.21. The average Bonchev–Trinajstić information content (AvgIpc) is 2.39. The molecular formula is C15H18BrN3. The summed E-state index contributed by atoms with van der Waals surface area (Å²) in [6, 6.07) is 8.61. The van der Waals surface area contributed by atoms with Crippen LogP contribution in [0.4, 0.5) is 5.69 Å². The van der Waals surface area contributed by atoms with Gasteiger partial charge in [0.05, 0.1) is 11.3 Å². The summed E-state index contributed by atoms with van der Waals surface area (Å²) in [5.41, 5.74) is 2.07. The van der Waals surface area contributed by atoms with Crippen molar-refractivity contribution in [2.24, 2.45) is 0 Å². The van der Waals surface area contributed by atoms with Crippen LogP contribution in [0.3, 0.4) is 0 Å². The molecule has 1 aliphatic heterocycles. The number of anilines is 1. The first kappa shape index (κ1) is 13.0. The first-order valence-corrected chi connectivity index (χ1v) is 7.71. The third-order valence-corrected chi connectivity index (χ3v) is 4.90. The molecule has 1 unspecified atom stereocenters. The first-order valence-electron chi connectivity index (χ1n) is 6.92. The molecule has 1 spiro atoms. The van der Waals surface area contributed by atoms with Crippen LogP contribution < -0.4 is 10.6 Å². The molecule has 1 atom stereocenters. The Balaban J connectivity index is 1.73. The van der Waals surface area contributed by atoms with Crippen molar-refractivity contribution >= 4 is 21.6 Å². The van der Waals surface area contributed by atoms with Crippen LogP contribution in [0.25, 0.3) is 0 Å². The smallest absolute Gasteiger partial charge is 0.101 e. The summed E-state index contributed by atoms with van der Waals surface area (Å²) < 4.78 is 0.954. The highest BCUT2D eigenvalue weighted by atomic mass is 79.9. The standard InChI is InChI=1S/C15H18BrN3/c16-12-2-3-14(11(8-12)10-17)19-13-4-7-18-15(9-13)5-1-6-15/h2-3,8,13,18-19H,1,4-7,9H2. The molecule has 1 saturated carbocycles. The predicted octanol–water partition coefficient (Wildman–Crippen LogP) is 3.41. The molecule has 1 heterocycles. The molecule has 100 valence electrons. The highest BCUT2D eigenvalue weighted by Crippen LogP contribution is 2.39. The zero-order chi connectivity index (χ0) is 13.3. The van der Waals surface area contributed by atoms with Gasteiger partial charge in [0.25, 0.3) is 0 Å². The number of hydrogen-bond donors (Lipinski definition) is 2. The van der Waals surface area contributed by atoms with Gasteiger partial charge in [-0.2, -0.15) is 5.26 Å². The normalized spacial score (nSPS) is 24.5. The number of nitrogens with one attached hydrogen (secondary N) is 2. The number of nitriles is 1. The maximum absolute atomic E-state index is 9.21. The third kappa shape index (κ3) is 2.63. The van der Waals surface area contributed by atoms with Crippen molar-refractivity contribution < 1.29 is 0 Å². The van der Waals surface area contributed by atoms with Gasteiger partial charge < -0.3 is 10.6 Å². The Morgan fingerprint density at radius 2 is 2.26 bits per heavy atom. The summed E-state index contributed by atoms with van der Waals surface area (Å²) >= 11 is 3.41. The minimum absolute atomic E-state index is 0.387. The lowest BCUT2D eigenvalue weighted by molar-refractivity contribution is 0.135. The monoisotopic (exact) mass is 319 g/mol. The molecule has 0 bridgehead atoms. The fraction of sp³-hybridized carbons (Fsp3) is 0.533. The van der Waals surface area contributed by atoms with E-state index in [1.807, 2.05) is 18.2 Å². The number of rotatable bonds is 2. The van der Waals surface area contributed by atoms with E-state index < -0.39 is 0 Å². The molecular weight excluding hydrogens is 302 g/mol. The molecule has 0 aromatic heterocycles. The second-order valence-corrected chi connectivity index (χ2v) is 6.61. The maximum Gasteiger partial charge on any atom is 0.101 e. The number of benzene rings is 1. The molecule has 1 aromatic rings. The van der Waals surface area contributed by atoms with Crippen LogP contribution in [0.1, 0.15) is 37.7 Å². The second kappa shape index (κ2) is 5.15. The Kier molecular flexibility index (Phi) is 3.51. The van der Waals surface area contributed by atoms with Crippen molar-refractivity contribution in [3.05, 3.63) is 28.2 Å². The van der Waals surface area contributed by atoms with Gasteiger partial charge in [-0.15, -0.1) is 0 Å². The molecule has 4 heteroatoms. The lowest BCUT2D eigenvalue weighted by Gasteiger charge is -2.48. The van der Waals surface area contributed by atoms with Crippen LogP contribution in [0, 0.1) is 11.3 Å². The molecule has 2 aliphatic rings. The van der Waals surface area contributed by atoms with Crippen molar-refractivity contribution in [1.82, 2.24) is 5.32 Å². The Morgan fingerprint density at radius 3 is 2.95 bits per heavy atom. The van der Waals surface area contributed by atoms with Gasteiger partial charge in [-0.25, -0.2) is 0 Å². The summed E-state index contributed by atoms with van der Waals surface area (Å²) in [7, 11) is 0. The topological polar surface area (TPSA) is 47.9 Å². The lowest BCUT2D eigenvalue weighted by atomic mass is 9.70. The molecule has 0 radical (unpaired) electrons. The molecule has 1 aromatic carbocycles. The largest absolute Gasteiger partial charge is 0.381 e.